The minimum absolute atomic E-state index is 0.00388. The molecule has 32 heavy (non-hydrogen) atoms. The van der Waals surface area contributed by atoms with E-state index in [9.17, 15) is 9.59 Å². The van der Waals surface area contributed by atoms with Crippen molar-refractivity contribution in [1.29, 1.82) is 0 Å². The van der Waals surface area contributed by atoms with Gasteiger partial charge >= 0.3 is 5.69 Å². The molecule has 7 heteroatoms. The molecule has 166 valence electrons. The molecule has 2 aromatic heterocycles. The predicted molar refractivity (Wildman–Crippen MR) is 125 cm³/mol. The van der Waals surface area contributed by atoms with Crippen molar-refractivity contribution in [2.24, 2.45) is 0 Å². The number of imidazole rings is 1. The number of hydrogen-bond donors (Lipinski definition) is 1. The molecule has 1 amide bonds. The highest BCUT2D eigenvalue weighted by Gasteiger charge is 2.30. The molecular weight excluding hydrogens is 402 g/mol. The van der Waals surface area contributed by atoms with Gasteiger partial charge in [0.05, 0.1) is 11.0 Å². The summed E-state index contributed by atoms with van der Waals surface area (Å²) in [6.07, 6.45) is 10.9. The highest BCUT2D eigenvalue weighted by Crippen LogP contribution is 2.28. The summed E-state index contributed by atoms with van der Waals surface area (Å²) in [5.41, 5.74) is 2.85. The number of piperidine rings is 2. The number of aromatic amines is 1. The van der Waals surface area contributed by atoms with Gasteiger partial charge in [-0.1, -0.05) is 18.2 Å². The molecule has 2 fully saturated rings. The summed E-state index contributed by atoms with van der Waals surface area (Å²) in [5.74, 6) is 0.0738. The minimum Gasteiger partial charge on any atom is -0.339 e. The number of carbonyl (C=O) groups is 1. The van der Waals surface area contributed by atoms with Gasteiger partial charge in [-0.05, 0) is 55.5 Å². The number of amides is 1. The zero-order valence-corrected chi connectivity index (χ0v) is 18.2. The van der Waals surface area contributed by atoms with Crippen LogP contribution >= 0.6 is 0 Å². The Balaban J connectivity index is 1.14. The summed E-state index contributed by atoms with van der Waals surface area (Å²) in [7, 11) is 0. The highest BCUT2D eigenvalue weighted by molar-refractivity contribution is 5.91. The fourth-order valence-electron chi connectivity index (χ4n) is 5.14. The standard InChI is InChI=1S/C25H29N5O2/c31-24(8-7-19-4-3-13-26-18-19)29-16-9-20(10-17-29)28-14-11-21(12-15-28)30-23-6-2-1-5-22(23)27-25(30)32/h1-8,13,18,20-21H,9-12,14-17H2,(H,27,32)/b8-7+. The number of aromatic nitrogens is 3. The average molecular weight is 432 g/mol. The Morgan fingerprint density at radius 1 is 0.969 bits per heavy atom. The largest absolute Gasteiger partial charge is 0.339 e. The van der Waals surface area contributed by atoms with Crippen LogP contribution in [0.5, 0.6) is 0 Å². The summed E-state index contributed by atoms with van der Waals surface area (Å²) in [4.78, 5) is 36.6. The number of H-pyrrole nitrogens is 1. The van der Waals surface area contributed by atoms with Crippen LogP contribution in [0.1, 0.15) is 37.3 Å². The summed E-state index contributed by atoms with van der Waals surface area (Å²) in [6, 6.07) is 12.5. The van der Waals surface area contributed by atoms with E-state index >= 15 is 0 Å². The third kappa shape index (κ3) is 4.25. The van der Waals surface area contributed by atoms with E-state index in [1.165, 1.54) is 0 Å². The average Bonchev–Trinajstić information content (AvgIpc) is 3.19. The van der Waals surface area contributed by atoms with Crippen molar-refractivity contribution in [3.63, 3.8) is 0 Å². The molecule has 0 aliphatic carbocycles. The molecule has 0 unspecified atom stereocenters. The van der Waals surface area contributed by atoms with Gasteiger partial charge in [0.2, 0.25) is 5.91 Å². The van der Waals surface area contributed by atoms with Crippen LogP contribution in [0.3, 0.4) is 0 Å². The molecule has 7 nitrogen and oxygen atoms in total. The first-order valence-electron chi connectivity index (χ1n) is 11.5. The van der Waals surface area contributed by atoms with Crippen molar-refractivity contribution in [2.75, 3.05) is 26.2 Å². The Morgan fingerprint density at radius 3 is 2.47 bits per heavy atom. The van der Waals surface area contributed by atoms with Crippen molar-refractivity contribution < 1.29 is 4.79 Å². The molecule has 0 saturated carbocycles. The Hall–Kier alpha value is -3.19. The van der Waals surface area contributed by atoms with E-state index < -0.39 is 0 Å². The highest BCUT2D eigenvalue weighted by atomic mass is 16.2. The van der Waals surface area contributed by atoms with E-state index in [0.717, 1.165) is 68.5 Å². The summed E-state index contributed by atoms with van der Waals surface area (Å²) in [5, 5.41) is 0. The van der Waals surface area contributed by atoms with E-state index in [1.54, 1.807) is 18.5 Å². The SMILES string of the molecule is O=C(/C=C/c1cccnc1)N1CCC(N2CCC(n3c(=O)[nH]c4ccccc43)CC2)CC1. The van der Waals surface area contributed by atoms with Crippen molar-refractivity contribution in [3.8, 4) is 0 Å². The monoisotopic (exact) mass is 431 g/mol. The lowest BCUT2D eigenvalue weighted by Crippen LogP contribution is -2.49. The quantitative estimate of drug-likeness (QED) is 0.645. The Bertz CT molecular complexity index is 1150. The number of pyridine rings is 1. The van der Waals surface area contributed by atoms with Gasteiger partial charge in [-0.15, -0.1) is 0 Å². The first kappa shape index (κ1) is 20.7. The van der Waals surface area contributed by atoms with Gasteiger partial charge in [0, 0.05) is 56.7 Å². The molecule has 0 bridgehead atoms. The zero-order chi connectivity index (χ0) is 21.9. The van der Waals surface area contributed by atoms with Crippen molar-refractivity contribution in [3.05, 3.63) is 70.9 Å². The fraction of sp³-hybridized carbons (Fsp3) is 0.400. The maximum atomic E-state index is 12.5. The lowest BCUT2D eigenvalue weighted by atomic mass is 9.97. The zero-order valence-electron chi connectivity index (χ0n) is 18.2. The van der Waals surface area contributed by atoms with Crippen LogP contribution in [0, 0.1) is 0 Å². The Kier molecular flexibility index (Phi) is 5.90. The van der Waals surface area contributed by atoms with Gasteiger partial charge in [-0.25, -0.2) is 4.79 Å². The maximum absolute atomic E-state index is 12.5. The molecule has 3 aromatic rings. The van der Waals surface area contributed by atoms with Crippen LogP contribution in [-0.2, 0) is 4.79 Å². The van der Waals surface area contributed by atoms with Crippen LogP contribution in [0.15, 0.2) is 59.7 Å². The summed E-state index contributed by atoms with van der Waals surface area (Å²) >= 11 is 0. The summed E-state index contributed by atoms with van der Waals surface area (Å²) < 4.78 is 1.95. The second-order valence-corrected chi connectivity index (χ2v) is 8.76. The van der Waals surface area contributed by atoms with Crippen molar-refractivity contribution >= 4 is 23.0 Å². The van der Waals surface area contributed by atoms with Gasteiger partial charge < -0.3 is 14.8 Å². The molecule has 0 spiro atoms. The molecule has 2 saturated heterocycles. The second kappa shape index (κ2) is 9.12. The molecule has 1 N–H and O–H groups in total. The number of hydrogen-bond acceptors (Lipinski definition) is 4. The van der Waals surface area contributed by atoms with Crippen LogP contribution in [0.2, 0.25) is 0 Å². The minimum atomic E-state index is -0.00388. The summed E-state index contributed by atoms with van der Waals surface area (Å²) in [6.45, 7) is 3.58. The fourth-order valence-corrected chi connectivity index (χ4v) is 5.14. The molecule has 4 heterocycles. The molecule has 2 aliphatic heterocycles. The van der Waals surface area contributed by atoms with E-state index in [-0.39, 0.29) is 17.6 Å². The molecule has 2 aliphatic rings. The predicted octanol–water partition coefficient (Wildman–Crippen LogP) is 3.07. The molecule has 0 radical (unpaired) electrons. The molecule has 0 atom stereocenters. The first-order valence-corrected chi connectivity index (χ1v) is 11.5. The molecular formula is C25H29N5O2. The lowest BCUT2D eigenvalue weighted by molar-refractivity contribution is -0.127. The number of carbonyl (C=O) groups excluding carboxylic acids is 1. The van der Waals surface area contributed by atoms with Crippen molar-refractivity contribution in [1.82, 2.24) is 24.3 Å². The maximum Gasteiger partial charge on any atom is 0.326 e. The molecule has 1 aromatic carbocycles. The first-order chi connectivity index (χ1) is 15.7. The smallest absolute Gasteiger partial charge is 0.326 e. The topological polar surface area (TPSA) is 74.2 Å². The van der Waals surface area contributed by atoms with E-state index in [0.29, 0.717) is 6.04 Å². The molecule has 5 rings (SSSR count). The van der Waals surface area contributed by atoms with Crippen LogP contribution in [0.25, 0.3) is 17.1 Å². The Labute approximate surface area is 187 Å². The van der Waals surface area contributed by atoms with Crippen molar-refractivity contribution in [2.45, 2.75) is 37.8 Å². The Morgan fingerprint density at radius 2 is 1.72 bits per heavy atom. The van der Waals surface area contributed by atoms with Crippen LogP contribution < -0.4 is 5.69 Å². The number of benzene rings is 1. The lowest BCUT2D eigenvalue weighted by Gasteiger charge is -2.41. The number of nitrogens with zero attached hydrogens (tertiary/aromatic N) is 4. The third-order valence-corrected chi connectivity index (χ3v) is 6.88. The van der Waals surface area contributed by atoms with Crippen LogP contribution in [-0.4, -0.2) is 62.5 Å². The van der Waals surface area contributed by atoms with Crippen LogP contribution in [0.4, 0.5) is 0 Å². The van der Waals surface area contributed by atoms with Gasteiger partial charge in [-0.3, -0.25) is 14.3 Å². The number of nitrogens with one attached hydrogen (secondary N) is 1. The van der Waals surface area contributed by atoms with E-state index in [1.807, 2.05) is 51.9 Å². The number of para-hydroxylation sites is 2. The number of likely N-dealkylation sites (tertiary alicyclic amines) is 2. The number of fused-ring (bicyclic) bond motifs is 1. The van der Waals surface area contributed by atoms with Gasteiger partial charge in [0.1, 0.15) is 0 Å². The van der Waals surface area contributed by atoms with E-state index in [4.69, 9.17) is 0 Å². The number of rotatable bonds is 4. The second-order valence-electron chi connectivity index (χ2n) is 8.76. The van der Waals surface area contributed by atoms with Gasteiger partial charge in [0.15, 0.2) is 0 Å². The van der Waals surface area contributed by atoms with Gasteiger partial charge in [-0.2, -0.15) is 0 Å². The van der Waals surface area contributed by atoms with Gasteiger partial charge in [0.25, 0.3) is 0 Å². The van der Waals surface area contributed by atoms with E-state index in [2.05, 4.69) is 14.9 Å². The normalized spacial score (nSPS) is 19.2. The third-order valence-electron chi connectivity index (χ3n) is 6.88.